The Balaban J connectivity index is 1.50. The molecule has 1 saturated carbocycles. The molecule has 1 aliphatic carbocycles. The number of carboxylic acids is 1. The summed E-state index contributed by atoms with van der Waals surface area (Å²) in [4.78, 5) is 35.1. The Morgan fingerprint density at radius 2 is 1.64 bits per heavy atom. The van der Waals surface area contributed by atoms with E-state index in [1.54, 1.807) is 6.92 Å². The standard InChI is InChI=1S/C28H31F7N2O7S/c1-28(27(40)41)8-5-16(6-9-28)44-23-12-18(22(42-2)13-20(23)30)26(39)37-21-14-43-10-7-17(21)25(38)36-15-3-4-19(29)24(11-15)45(31,32,33,34)35/h3-4,11-13,16-17,21H,5-10,14H2,1-2H3,(H,36,38)(H,37,39)(H,40,41)/t16?,17-,21+,28?/m1/s1. The van der Waals surface area contributed by atoms with Crippen LogP contribution in [0.4, 0.5) is 33.9 Å². The van der Waals surface area contributed by atoms with Gasteiger partial charge in [-0.1, -0.05) is 19.4 Å². The second-order valence-electron chi connectivity index (χ2n) is 11.3. The third kappa shape index (κ3) is 7.92. The number of nitrogens with one attached hydrogen (secondary N) is 2. The van der Waals surface area contributed by atoms with E-state index in [1.807, 2.05) is 0 Å². The van der Waals surface area contributed by atoms with E-state index in [1.165, 1.54) is 7.11 Å². The summed E-state index contributed by atoms with van der Waals surface area (Å²) in [5.74, 6) is -7.41. The quantitative estimate of drug-likeness (QED) is 0.250. The first kappa shape index (κ1) is 34.1. The number of amides is 2. The highest BCUT2D eigenvalue weighted by Gasteiger charge is 2.67. The van der Waals surface area contributed by atoms with Gasteiger partial charge in [0.2, 0.25) is 5.91 Å². The van der Waals surface area contributed by atoms with E-state index in [-0.39, 0.29) is 48.8 Å². The predicted molar refractivity (Wildman–Crippen MR) is 148 cm³/mol. The maximum absolute atomic E-state index is 14.9. The van der Waals surface area contributed by atoms with Crippen molar-refractivity contribution >= 4 is 33.7 Å². The Labute approximate surface area is 253 Å². The van der Waals surface area contributed by atoms with Crippen molar-refractivity contribution in [3.8, 4) is 11.5 Å². The van der Waals surface area contributed by atoms with Crippen molar-refractivity contribution in [3.05, 3.63) is 47.5 Å². The highest BCUT2D eigenvalue weighted by atomic mass is 32.5. The maximum Gasteiger partial charge on any atom is 0.313 e. The maximum atomic E-state index is 14.9. The van der Waals surface area contributed by atoms with Crippen molar-refractivity contribution in [2.75, 3.05) is 25.6 Å². The van der Waals surface area contributed by atoms with Crippen molar-refractivity contribution in [2.24, 2.45) is 11.3 Å². The van der Waals surface area contributed by atoms with E-state index in [2.05, 4.69) is 10.6 Å². The van der Waals surface area contributed by atoms with Crippen LogP contribution in [-0.4, -0.2) is 55.4 Å². The summed E-state index contributed by atoms with van der Waals surface area (Å²) in [5, 5.41) is 14.1. The highest BCUT2D eigenvalue weighted by Crippen LogP contribution is 3.02. The molecule has 0 radical (unpaired) electrons. The van der Waals surface area contributed by atoms with Gasteiger partial charge in [0.1, 0.15) is 16.5 Å². The lowest BCUT2D eigenvalue weighted by Crippen LogP contribution is -2.50. The number of methoxy groups -OCH3 is 1. The largest absolute Gasteiger partial charge is 0.496 e. The number of halogens is 7. The normalized spacial score (nSPS) is 25.3. The second kappa shape index (κ2) is 11.6. The van der Waals surface area contributed by atoms with Crippen molar-refractivity contribution in [1.29, 1.82) is 0 Å². The Kier molecular flexibility index (Phi) is 8.78. The molecule has 17 heteroatoms. The number of rotatable bonds is 9. The van der Waals surface area contributed by atoms with Crippen LogP contribution in [0.5, 0.6) is 11.5 Å². The third-order valence-corrected chi connectivity index (χ3v) is 9.11. The molecule has 1 aliphatic heterocycles. The lowest BCUT2D eigenvalue weighted by Gasteiger charge is -2.40. The van der Waals surface area contributed by atoms with Crippen molar-refractivity contribution in [3.63, 3.8) is 0 Å². The number of hydrogen-bond donors (Lipinski definition) is 3. The molecule has 2 aromatic carbocycles. The fourth-order valence-electron chi connectivity index (χ4n) is 5.26. The third-order valence-electron chi connectivity index (χ3n) is 7.97. The molecule has 2 fully saturated rings. The van der Waals surface area contributed by atoms with E-state index in [4.69, 9.17) is 14.2 Å². The molecule has 0 spiro atoms. The van der Waals surface area contributed by atoms with Gasteiger partial charge in [0.15, 0.2) is 11.6 Å². The van der Waals surface area contributed by atoms with E-state index in [9.17, 15) is 47.7 Å². The minimum Gasteiger partial charge on any atom is -0.496 e. The zero-order valence-electron chi connectivity index (χ0n) is 24.0. The number of carboxylic acid groups (broad SMARTS) is 1. The first-order valence-electron chi connectivity index (χ1n) is 13.7. The van der Waals surface area contributed by atoms with Crippen molar-refractivity contribution in [2.45, 2.75) is 56.1 Å². The molecule has 1 heterocycles. The average Bonchev–Trinajstić information content (AvgIpc) is 2.94. The first-order chi connectivity index (χ1) is 20.7. The number of benzene rings is 2. The number of hydrogen-bond acceptors (Lipinski definition) is 6. The summed E-state index contributed by atoms with van der Waals surface area (Å²) in [6.07, 6.45) is 0.679. The van der Waals surface area contributed by atoms with E-state index < -0.39 is 73.7 Å². The predicted octanol–water partition coefficient (Wildman–Crippen LogP) is 6.82. The van der Waals surface area contributed by atoms with Crippen LogP contribution in [-0.2, 0) is 14.3 Å². The fraction of sp³-hybridized carbons (Fsp3) is 0.464. The Bertz CT molecular complexity index is 1500. The van der Waals surface area contributed by atoms with Crippen LogP contribution in [0.1, 0.15) is 49.4 Å². The number of anilines is 1. The molecule has 2 amide bonds. The molecule has 2 aromatic rings. The van der Waals surface area contributed by atoms with Gasteiger partial charge in [-0.25, -0.2) is 8.78 Å². The lowest BCUT2D eigenvalue weighted by molar-refractivity contribution is -0.150. The molecular weight excluding hydrogens is 641 g/mol. The molecule has 3 N–H and O–H groups in total. The van der Waals surface area contributed by atoms with E-state index >= 15 is 0 Å². The summed E-state index contributed by atoms with van der Waals surface area (Å²) in [6.45, 7) is 1.41. The van der Waals surface area contributed by atoms with Crippen LogP contribution in [0.15, 0.2) is 35.2 Å². The molecule has 0 aromatic heterocycles. The average molecular weight is 673 g/mol. The minimum absolute atomic E-state index is 0.0186. The van der Waals surface area contributed by atoms with Crippen LogP contribution >= 0.6 is 10.2 Å². The van der Waals surface area contributed by atoms with Gasteiger partial charge in [-0.05, 0) is 63.3 Å². The number of ether oxygens (including phenoxy) is 3. The smallest absolute Gasteiger partial charge is 0.313 e. The SMILES string of the molecule is COc1cc(F)c(OC2CCC(C)(C(=O)O)CC2)cc1C(=O)N[C@H]1COCC[C@H]1C(=O)Nc1ccc(F)c(S(F)(F)(F)(F)F)c1. The summed E-state index contributed by atoms with van der Waals surface area (Å²) < 4.78 is 111. The zero-order valence-corrected chi connectivity index (χ0v) is 24.8. The van der Waals surface area contributed by atoms with Crippen LogP contribution < -0.4 is 20.1 Å². The second-order valence-corrected chi connectivity index (χ2v) is 13.7. The highest BCUT2D eigenvalue weighted by molar-refractivity contribution is 8.45. The minimum atomic E-state index is -10.4. The topological polar surface area (TPSA) is 123 Å². The molecular formula is C28H31F7N2O7S. The summed E-state index contributed by atoms with van der Waals surface area (Å²) in [5.41, 5.74) is -1.86. The van der Waals surface area contributed by atoms with Crippen LogP contribution in [0, 0.1) is 23.0 Å². The van der Waals surface area contributed by atoms with Gasteiger partial charge >= 0.3 is 16.2 Å². The molecule has 2 atom stereocenters. The van der Waals surface area contributed by atoms with Gasteiger partial charge < -0.3 is 30.0 Å². The molecule has 2 aliphatic rings. The van der Waals surface area contributed by atoms with Gasteiger partial charge in [-0.2, -0.15) is 0 Å². The van der Waals surface area contributed by atoms with Gasteiger partial charge in [0.05, 0.1) is 42.8 Å². The zero-order chi connectivity index (χ0) is 33.4. The molecule has 0 bridgehead atoms. The van der Waals surface area contributed by atoms with E-state index in [0.717, 1.165) is 12.1 Å². The van der Waals surface area contributed by atoms with Gasteiger partial charge in [-0.3, -0.25) is 14.4 Å². The summed E-state index contributed by atoms with van der Waals surface area (Å²) in [7, 11) is -9.23. The van der Waals surface area contributed by atoms with Crippen LogP contribution in [0.25, 0.3) is 0 Å². The van der Waals surface area contributed by atoms with Gasteiger partial charge in [0.25, 0.3) is 5.91 Å². The Morgan fingerprint density at radius 3 is 2.24 bits per heavy atom. The number of aliphatic carboxylic acids is 1. The molecule has 9 nitrogen and oxygen atoms in total. The first-order valence-corrected chi connectivity index (χ1v) is 15.7. The van der Waals surface area contributed by atoms with Crippen LogP contribution in [0.2, 0.25) is 0 Å². The van der Waals surface area contributed by atoms with E-state index in [0.29, 0.717) is 31.7 Å². The molecule has 250 valence electrons. The van der Waals surface area contributed by atoms with Gasteiger partial charge in [-0.15, -0.1) is 0 Å². The fourth-order valence-corrected chi connectivity index (χ4v) is 6.05. The van der Waals surface area contributed by atoms with Crippen LogP contribution in [0.3, 0.4) is 0 Å². The Hall–Kier alpha value is -3.73. The number of carbonyl (C=O) groups is 3. The monoisotopic (exact) mass is 672 g/mol. The summed E-state index contributed by atoms with van der Waals surface area (Å²) in [6, 6.07) is 1.58. The van der Waals surface area contributed by atoms with Gasteiger partial charge in [0, 0.05) is 18.4 Å². The summed E-state index contributed by atoms with van der Waals surface area (Å²) >= 11 is 0. The van der Waals surface area contributed by atoms with Crippen molar-refractivity contribution in [1.82, 2.24) is 5.32 Å². The molecule has 1 saturated heterocycles. The molecule has 0 unspecified atom stereocenters. The number of carbonyl (C=O) groups excluding carboxylic acids is 2. The Morgan fingerprint density at radius 1 is 0.978 bits per heavy atom. The van der Waals surface area contributed by atoms with Crippen molar-refractivity contribution < 1.29 is 61.9 Å². The molecule has 4 rings (SSSR count). The molecule has 45 heavy (non-hydrogen) atoms. The lowest BCUT2D eigenvalue weighted by atomic mass is 9.75.